The Kier molecular flexibility index (Phi) is 18.6. The number of quaternary nitrogens is 1. The lowest BCUT2D eigenvalue weighted by atomic mass is 10.1. The maximum atomic E-state index is 3.63. The van der Waals surface area contributed by atoms with Crippen LogP contribution in [0.3, 0.4) is 0 Å². The van der Waals surface area contributed by atoms with Crippen molar-refractivity contribution in [3.05, 3.63) is 0 Å². The standard InChI is InChI=1S/C22H47BrN/c1-4-6-8-10-12-14-16-20-24(3,22-18-19-23)21-17-15-13-11-9-7-5-2/h4-22H2,1-3H3/q+1. The first-order valence-electron chi connectivity index (χ1n) is 11.1. The molecule has 0 saturated heterocycles. The summed E-state index contributed by atoms with van der Waals surface area (Å²) in [4.78, 5) is 0. The summed E-state index contributed by atoms with van der Waals surface area (Å²) >= 11 is 3.63. The maximum Gasteiger partial charge on any atom is 0.0792 e. The Morgan fingerprint density at radius 1 is 0.500 bits per heavy atom. The molecule has 2 heteroatoms. The first kappa shape index (κ1) is 24.4. The topological polar surface area (TPSA) is 0 Å². The summed E-state index contributed by atoms with van der Waals surface area (Å²) in [5.74, 6) is 0. The van der Waals surface area contributed by atoms with Crippen LogP contribution in [0.4, 0.5) is 0 Å². The minimum Gasteiger partial charge on any atom is -0.326 e. The summed E-state index contributed by atoms with van der Waals surface area (Å²) in [5, 5.41) is 1.16. The molecule has 0 atom stereocenters. The van der Waals surface area contributed by atoms with Crippen molar-refractivity contribution in [2.24, 2.45) is 0 Å². The highest BCUT2D eigenvalue weighted by atomic mass is 79.9. The van der Waals surface area contributed by atoms with Crippen LogP contribution < -0.4 is 0 Å². The molecule has 0 radical (unpaired) electrons. The van der Waals surface area contributed by atoms with E-state index in [0.717, 1.165) is 5.33 Å². The fourth-order valence-electron chi connectivity index (χ4n) is 3.68. The third-order valence-electron chi connectivity index (χ3n) is 5.43. The molecule has 0 aromatic carbocycles. The van der Waals surface area contributed by atoms with Crippen molar-refractivity contribution in [1.82, 2.24) is 0 Å². The SMILES string of the molecule is CCCCCCCCC[N+](C)(CCCBr)CCCCCCCCC. The van der Waals surface area contributed by atoms with E-state index in [1.54, 1.807) is 0 Å². The van der Waals surface area contributed by atoms with E-state index in [0.29, 0.717) is 0 Å². The number of alkyl halides is 1. The van der Waals surface area contributed by atoms with E-state index in [1.165, 1.54) is 120 Å². The third-order valence-corrected chi connectivity index (χ3v) is 6.00. The van der Waals surface area contributed by atoms with Crippen molar-refractivity contribution >= 4 is 15.9 Å². The fourth-order valence-corrected chi connectivity index (χ4v) is 3.93. The molecule has 146 valence electrons. The van der Waals surface area contributed by atoms with E-state index in [1.807, 2.05) is 0 Å². The van der Waals surface area contributed by atoms with Gasteiger partial charge in [0.05, 0.1) is 26.7 Å². The number of unbranched alkanes of at least 4 members (excludes halogenated alkanes) is 12. The first-order valence-corrected chi connectivity index (χ1v) is 12.2. The highest BCUT2D eigenvalue weighted by Crippen LogP contribution is 2.15. The van der Waals surface area contributed by atoms with Crippen molar-refractivity contribution in [3.63, 3.8) is 0 Å². The van der Waals surface area contributed by atoms with E-state index in [-0.39, 0.29) is 0 Å². The number of hydrogen-bond acceptors (Lipinski definition) is 0. The molecule has 0 unspecified atom stereocenters. The van der Waals surface area contributed by atoms with Crippen LogP contribution in [-0.2, 0) is 0 Å². The second-order valence-electron chi connectivity index (χ2n) is 8.08. The van der Waals surface area contributed by atoms with Gasteiger partial charge in [0.1, 0.15) is 0 Å². The van der Waals surface area contributed by atoms with E-state index in [4.69, 9.17) is 0 Å². The summed E-state index contributed by atoms with van der Waals surface area (Å²) in [6.07, 6.45) is 21.4. The average molecular weight is 406 g/mol. The zero-order chi connectivity index (χ0) is 17.9. The van der Waals surface area contributed by atoms with Gasteiger partial charge in [-0.3, -0.25) is 0 Å². The van der Waals surface area contributed by atoms with Crippen molar-refractivity contribution in [2.75, 3.05) is 32.0 Å². The molecular formula is C22H47BrN+. The van der Waals surface area contributed by atoms with Crippen molar-refractivity contribution in [2.45, 2.75) is 110 Å². The van der Waals surface area contributed by atoms with E-state index in [9.17, 15) is 0 Å². The molecule has 0 aliphatic heterocycles. The number of halogens is 1. The molecule has 24 heavy (non-hydrogen) atoms. The molecule has 0 amide bonds. The monoisotopic (exact) mass is 404 g/mol. The van der Waals surface area contributed by atoms with E-state index < -0.39 is 0 Å². The Morgan fingerprint density at radius 3 is 1.21 bits per heavy atom. The van der Waals surface area contributed by atoms with Crippen molar-refractivity contribution < 1.29 is 4.48 Å². The molecule has 0 bridgehead atoms. The molecular weight excluding hydrogens is 358 g/mol. The molecule has 0 fully saturated rings. The third kappa shape index (κ3) is 15.9. The Hall–Kier alpha value is 0.440. The molecule has 0 spiro atoms. The molecule has 0 aliphatic rings. The Labute approximate surface area is 162 Å². The minimum absolute atomic E-state index is 1.16. The van der Waals surface area contributed by atoms with Gasteiger partial charge in [0, 0.05) is 11.8 Å². The summed E-state index contributed by atoms with van der Waals surface area (Å²) < 4.78 is 1.32. The van der Waals surface area contributed by atoms with E-state index >= 15 is 0 Å². The van der Waals surface area contributed by atoms with Gasteiger partial charge in [0.2, 0.25) is 0 Å². The Morgan fingerprint density at radius 2 is 0.833 bits per heavy atom. The summed E-state index contributed by atoms with van der Waals surface area (Å²) in [6, 6.07) is 0. The highest BCUT2D eigenvalue weighted by molar-refractivity contribution is 9.09. The van der Waals surface area contributed by atoms with Crippen LogP contribution in [-0.4, -0.2) is 36.5 Å². The first-order chi connectivity index (χ1) is 11.7. The molecule has 0 heterocycles. The second-order valence-corrected chi connectivity index (χ2v) is 8.87. The minimum atomic E-state index is 1.16. The summed E-state index contributed by atoms with van der Waals surface area (Å²) in [7, 11) is 2.51. The lowest BCUT2D eigenvalue weighted by Gasteiger charge is -2.35. The van der Waals surface area contributed by atoms with Crippen molar-refractivity contribution in [1.29, 1.82) is 0 Å². The van der Waals surface area contributed by atoms with Crippen LogP contribution in [0.15, 0.2) is 0 Å². The lowest BCUT2D eigenvalue weighted by Crippen LogP contribution is -2.46. The normalized spacial score (nSPS) is 12.0. The van der Waals surface area contributed by atoms with Crippen LogP contribution in [0.1, 0.15) is 110 Å². The fraction of sp³-hybridized carbons (Fsp3) is 1.00. The lowest BCUT2D eigenvalue weighted by molar-refractivity contribution is -0.910. The molecule has 0 N–H and O–H groups in total. The number of rotatable bonds is 19. The molecule has 0 rings (SSSR count). The van der Waals surface area contributed by atoms with Gasteiger partial charge in [-0.25, -0.2) is 0 Å². The van der Waals surface area contributed by atoms with Gasteiger partial charge in [-0.15, -0.1) is 0 Å². The van der Waals surface area contributed by atoms with Gasteiger partial charge in [-0.1, -0.05) is 94.0 Å². The zero-order valence-electron chi connectivity index (χ0n) is 17.3. The predicted octanol–water partition coefficient (Wildman–Crippen LogP) is 7.72. The van der Waals surface area contributed by atoms with Crippen LogP contribution in [0, 0.1) is 0 Å². The highest BCUT2D eigenvalue weighted by Gasteiger charge is 2.19. The van der Waals surface area contributed by atoms with Crippen LogP contribution in [0.2, 0.25) is 0 Å². The molecule has 0 aromatic rings. The smallest absolute Gasteiger partial charge is 0.0792 e. The molecule has 0 aliphatic carbocycles. The van der Waals surface area contributed by atoms with Crippen molar-refractivity contribution in [3.8, 4) is 0 Å². The molecule has 0 saturated carbocycles. The predicted molar refractivity (Wildman–Crippen MR) is 115 cm³/mol. The zero-order valence-corrected chi connectivity index (χ0v) is 18.8. The van der Waals surface area contributed by atoms with Gasteiger partial charge >= 0.3 is 0 Å². The quantitative estimate of drug-likeness (QED) is 0.117. The number of nitrogens with zero attached hydrogens (tertiary/aromatic N) is 1. The van der Waals surface area contributed by atoms with Gasteiger partial charge < -0.3 is 4.48 Å². The summed E-state index contributed by atoms with van der Waals surface area (Å²) in [6.45, 7) is 8.76. The average Bonchev–Trinajstić information content (AvgIpc) is 2.58. The maximum absolute atomic E-state index is 3.63. The van der Waals surface area contributed by atoms with Crippen LogP contribution >= 0.6 is 15.9 Å². The Balaban J connectivity index is 3.81. The van der Waals surface area contributed by atoms with Gasteiger partial charge in [0.15, 0.2) is 0 Å². The Bertz CT molecular complexity index is 224. The molecule has 1 nitrogen and oxygen atoms in total. The van der Waals surface area contributed by atoms with Crippen LogP contribution in [0.5, 0.6) is 0 Å². The second kappa shape index (κ2) is 18.2. The van der Waals surface area contributed by atoms with Gasteiger partial charge in [-0.05, 0) is 25.7 Å². The largest absolute Gasteiger partial charge is 0.326 e. The number of hydrogen-bond donors (Lipinski definition) is 0. The summed E-state index contributed by atoms with van der Waals surface area (Å²) in [5.41, 5.74) is 0. The van der Waals surface area contributed by atoms with Crippen LogP contribution in [0.25, 0.3) is 0 Å². The van der Waals surface area contributed by atoms with E-state index in [2.05, 4.69) is 36.8 Å². The van der Waals surface area contributed by atoms with Gasteiger partial charge in [0.25, 0.3) is 0 Å². The molecule has 0 aromatic heterocycles. The van der Waals surface area contributed by atoms with Gasteiger partial charge in [-0.2, -0.15) is 0 Å².